The lowest BCUT2D eigenvalue weighted by Crippen LogP contribution is -2.50. The molecule has 0 atom stereocenters. The third kappa shape index (κ3) is 6.14. The third-order valence-electron chi connectivity index (χ3n) is 6.04. The molecule has 1 aliphatic rings. The van der Waals surface area contributed by atoms with Crippen LogP contribution in [0.1, 0.15) is 17.3 Å². The van der Waals surface area contributed by atoms with Crippen LogP contribution in [0.2, 0.25) is 0 Å². The van der Waals surface area contributed by atoms with Crippen molar-refractivity contribution >= 4 is 38.1 Å². The van der Waals surface area contributed by atoms with Crippen molar-refractivity contribution in [2.45, 2.75) is 16.7 Å². The molecule has 0 radical (unpaired) electrons. The van der Waals surface area contributed by atoms with Gasteiger partial charge in [0.2, 0.25) is 25.9 Å². The zero-order valence-electron chi connectivity index (χ0n) is 22.0. The Balaban J connectivity index is 1.38. The highest BCUT2D eigenvalue weighted by molar-refractivity contribution is 7.89. The monoisotopic (exact) mass is 592 g/mol. The Hall–Kier alpha value is -3.86. The van der Waals surface area contributed by atoms with Crippen molar-refractivity contribution in [2.75, 3.05) is 52.2 Å². The Bertz CT molecular complexity index is 1580. The molecule has 0 aliphatic carbocycles. The van der Waals surface area contributed by atoms with E-state index >= 15 is 0 Å². The molecule has 40 heavy (non-hydrogen) atoms. The smallest absolute Gasteiger partial charge is 0.409 e. The number of nitrogens with zero attached hydrogens (tertiary/aromatic N) is 5. The minimum absolute atomic E-state index is 0.00781. The van der Waals surface area contributed by atoms with Crippen LogP contribution in [0.3, 0.4) is 0 Å². The fourth-order valence-electron chi connectivity index (χ4n) is 3.79. The Labute approximate surface area is 231 Å². The van der Waals surface area contributed by atoms with E-state index in [1.807, 2.05) is 0 Å². The summed E-state index contributed by atoms with van der Waals surface area (Å²) in [4.78, 5) is 26.1. The normalized spacial score (nSPS) is 14.8. The molecule has 1 saturated heterocycles. The van der Waals surface area contributed by atoms with Gasteiger partial charge in [-0.15, -0.1) is 5.10 Å². The topological polar surface area (TPSA) is 172 Å². The van der Waals surface area contributed by atoms with E-state index in [1.54, 1.807) is 6.92 Å². The first-order chi connectivity index (χ1) is 18.9. The average Bonchev–Trinajstić information content (AvgIpc) is 3.41. The quantitative estimate of drug-likeness (QED) is 0.406. The van der Waals surface area contributed by atoms with Crippen LogP contribution in [0.5, 0.6) is 0 Å². The predicted molar refractivity (Wildman–Crippen MR) is 142 cm³/mol. The number of sulfonamides is 2. The molecule has 0 saturated carbocycles. The average molecular weight is 593 g/mol. The number of hydrogen-bond donors (Lipinski definition) is 1. The number of carbonyl (C=O) groups excluding carboxylic acids is 2. The molecule has 16 heteroatoms. The number of rotatable bonds is 8. The highest BCUT2D eigenvalue weighted by atomic mass is 32.2. The van der Waals surface area contributed by atoms with E-state index in [0.717, 1.165) is 4.31 Å². The summed E-state index contributed by atoms with van der Waals surface area (Å²) in [6.45, 7) is 2.61. The van der Waals surface area contributed by atoms with Crippen LogP contribution < -0.4 is 5.32 Å². The van der Waals surface area contributed by atoms with E-state index in [-0.39, 0.29) is 60.0 Å². The second-order valence-corrected chi connectivity index (χ2v) is 12.9. The number of ether oxygens (including phenoxy) is 1. The van der Waals surface area contributed by atoms with Crippen LogP contribution in [0, 0.1) is 0 Å². The Morgan fingerprint density at radius 2 is 1.52 bits per heavy atom. The summed E-state index contributed by atoms with van der Waals surface area (Å²) < 4.78 is 63.3. The molecule has 0 unspecified atom stereocenters. The number of carbonyl (C=O) groups is 2. The fraction of sp³-hybridized carbons (Fsp3) is 0.333. The Morgan fingerprint density at radius 1 is 0.925 bits per heavy atom. The molecule has 0 spiro atoms. The van der Waals surface area contributed by atoms with E-state index < -0.39 is 32.0 Å². The lowest BCUT2D eigenvalue weighted by molar-refractivity contribution is 0.0933. The standard InChI is InChI=1S/C24H28N6O8S2/c1-4-37-24(32)29-13-15-30(16-14-29)40(35,36)20-9-5-17(6-10-20)21(31)25-23-27-26-22(38-23)18-7-11-19(12-8-18)39(33,34)28(2)3/h5-12H,4,13-16H2,1-3H3,(H,25,27,31). The van der Waals surface area contributed by atoms with Gasteiger partial charge in [0.15, 0.2) is 0 Å². The van der Waals surface area contributed by atoms with Crippen molar-refractivity contribution < 1.29 is 35.6 Å². The number of nitrogens with one attached hydrogen (secondary N) is 1. The molecule has 1 aliphatic heterocycles. The summed E-state index contributed by atoms with van der Waals surface area (Å²) in [5, 5.41) is 10.1. The van der Waals surface area contributed by atoms with Gasteiger partial charge >= 0.3 is 12.1 Å². The van der Waals surface area contributed by atoms with E-state index in [0.29, 0.717) is 5.56 Å². The molecule has 1 aromatic heterocycles. The number of benzene rings is 2. The lowest BCUT2D eigenvalue weighted by atomic mass is 10.2. The van der Waals surface area contributed by atoms with Gasteiger partial charge in [-0.3, -0.25) is 10.1 Å². The van der Waals surface area contributed by atoms with E-state index in [9.17, 15) is 26.4 Å². The van der Waals surface area contributed by atoms with Crippen molar-refractivity contribution in [3.05, 3.63) is 54.1 Å². The van der Waals surface area contributed by atoms with E-state index in [1.165, 1.54) is 71.8 Å². The number of anilines is 1. The zero-order chi connectivity index (χ0) is 29.1. The van der Waals surface area contributed by atoms with E-state index in [4.69, 9.17) is 9.15 Å². The van der Waals surface area contributed by atoms with Gasteiger partial charge in [0.1, 0.15) is 0 Å². The zero-order valence-corrected chi connectivity index (χ0v) is 23.6. The van der Waals surface area contributed by atoms with Gasteiger partial charge in [0.25, 0.3) is 5.91 Å². The van der Waals surface area contributed by atoms with Gasteiger partial charge in [-0.25, -0.2) is 25.9 Å². The van der Waals surface area contributed by atoms with Crippen LogP contribution in [-0.4, -0.2) is 99.4 Å². The summed E-state index contributed by atoms with van der Waals surface area (Å²) in [5.74, 6) is -0.539. The first-order valence-corrected chi connectivity index (χ1v) is 15.0. The number of hydrogen-bond acceptors (Lipinski definition) is 10. The van der Waals surface area contributed by atoms with Crippen molar-refractivity contribution in [3.63, 3.8) is 0 Å². The molecule has 2 aromatic carbocycles. The van der Waals surface area contributed by atoms with Gasteiger partial charge in [-0.1, -0.05) is 5.10 Å². The number of aromatic nitrogens is 2. The predicted octanol–water partition coefficient (Wildman–Crippen LogP) is 1.70. The second kappa shape index (κ2) is 11.7. The van der Waals surface area contributed by atoms with Crippen LogP contribution in [0.25, 0.3) is 11.5 Å². The van der Waals surface area contributed by atoms with Crippen molar-refractivity contribution in [3.8, 4) is 11.5 Å². The van der Waals surface area contributed by atoms with Gasteiger partial charge < -0.3 is 14.1 Å². The maximum atomic E-state index is 13.0. The minimum atomic E-state index is -3.83. The van der Waals surface area contributed by atoms with Crippen LogP contribution in [0.4, 0.5) is 10.8 Å². The van der Waals surface area contributed by atoms with Gasteiger partial charge in [-0.05, 0) is 55.5 Å². The summed E-state index contributed by atoms with van der Waals surface area (Å²) in [6, 6.07) is 11.0. The van der Waals surface area contributed by atoms with Crippen molar-refractivity contribution in [1.29, 1.82) is 0 Å². The van der Waals surface area contributed by atoms with Gasteiger partial charge in [-0.2, -0.15) is 4.31 Å². The summed E-state index contributed by atoms with van der Waals surface area (Å²) in [5.41, 5.74) is 0.604. The SMILES string of the molecule is CCOC(=O)N1CCN(S(=O)(=O)c2ccc(C(=O)Nc3nnc(-c4ccc(S(=O)(=O)N(C)C)cc4)o3)cc2)CC1. The largest absolute Gasteiger partial charge is 0.450 e. The Kier molecular flexibility index (Phi) is 8.53. The molecule has 3 aromatic rings. The number of piperazine rings is 1. The van der Waals surface area contributed by atoms with Crippen molar-refractivity contribution in [2.24, 2.45) is 0 Å². The summed E-state index contributed by atoms with van der Waals surface area (Å²) >= 11 is 0. The minimum Gasteiger partial charge on any atom is -0.450 e. The van der Waals surface area contributed by atoms with Crippen LogP contribution >= 0.6 is 0 Å². The molecule has 14 nitrogen and oxygen atoms in total. The highest BCUT2D eigenvalue weighted by Gasteiger charge is 2.30. The maximum Gasteiger partial charge on any atom is 0.409 e. The first-order valence-electron chi connectivity index (χ1n) is 12.1. The molecular weight excluding hydrogens is 564 g/mol. The lowest BCUT2D eigenvalue weighted by Gasteiger charge is -2.33. The molecule has 2 amide bonds. The molecule has 2 heterocycles. The maximum absolute atomic E-state index is 13.0. The fourth-order valence-corrected chi connectivity index (χ4v) is 6.12. The highest BCUT2D eigenvalue weighted by Crippen LogP contribution is 2.23. The Morgan fingerprint density at radius 3 is 2.10 bits per heavy atom. The molecule has 1 fully saturated rings. The summed E-state index contributed by atoms with van der Waals surface area (Å²) in [6.07, 6.45) is -0.475. The third-order valence-corrected chi connectivity index (χ3v) is 9.79. The first kappa shape index (κ1) is 29.1. The molecule has 1 N–H and O–H groups in total. The summed E-state index contributed by atoms with van der Waals surface area (Å²) in [7, 11) is -4.56. The van der Waals surface area contributed by atoms with Gasteiger partial charge in [0, 0.05) is 51.4 Å². The second-order valence-electron chi connectivity index (χ2n) is 8.79. The number of amides is 2. The molecule has 4 rings (SSSR count). The molecule has 214 valence electrons. The molecule has 0 bridgehead atoms. The van der Waals surface area contributed by atoms with Crippen LogP contribution in [-0.2, 0) is 24.8 Å². The molecular formula is C24H28N6O8S2. The van der Waals surface area contributed by atoms with Gasteiger partial charge in [0.05, 0.1) is 16.4 Å². The van der Waals surface area contributed by atoms with Crippen LogP contribution in [0.15, 0.2) is 62.7 Å². The van der Waals surface area contributed by atoms with E-state index in [2.05, 4.69) is 15.5 Å². The van der Waals surface area contributed by atoms with Crippen molar-refractivity contribution in [1.82, 2.24) is 23.7 Å².